The molecule has 0 aromatic heterocycles. The predicted octanol–water partition coefficient (Wildman–Crippen LogP) is -0.699. The van der Waals surface area contributed by atoms with Crippen LogP contribution < -0.4 is 0 Å². The van der Waals surface area contributed by atoms with E-state index >= 15 is 0 Å². The van der Waals surface area contributed by atoms with E-state index in [4.69, 9.17) is 5.11 Å². The molecule has 1 unspecified atom stereocenters. The average molecular weight is 334 g/mol. The normalized spacial score (nSPS) is 12.8. The van der Waals surface area contributed by atoms with Crippen molar-refractivity contribution in [2.75, 3.05) is 0 Å². The first-order chi connectivity index (χ1) is 5.04. The number of hydrogen-bond acceptors (Lipinski definition) is 4. The van der Waals surface area contributed by atoms with Gasteiger partial charge in [-0.25, -0.2) is 6.29 Å². The molecule has 0 amide bonds. The number of ketones is 1. The Kier molecular flexibility index (Phi) is 14.7. The Balaban J connectivity index is -0.000000500. The molecule has 0 aliphatic rings. The van der Waals surface area contributed by atoms with E-state index < -0.39 is 12.0 Å². The number of aliphatic hydroxyl groups is 1. The minimum Gasteiger partial charge on any atom is -0.542 e. The Hall–Kier alpha value is 1.18. The summed E-state index contributed by atoms with van der Waals surface area (Å²) in [5.41, 5.74) is -1.96. The van der Waals surface area contributed by atoms with E-state index in [0.717, 1.165) is 0 Å². The van der Waals surface area contributed by atoms with E-state index in [0.29, 0.717) is 0 Å². The molecule has 0 bridgehead atoms. The van der Waals surface area contributed by atoms with Gasteiger partial charge in [0.2, 0.25) is 0 Å². The first-order valence-corrected chi connectivity index (χ1v) is 3.00. The van der Waals surface area contributed by atoms with E-state index in [1.54, 1.807) is 0 Å². The van der Waals surface area contributed by atoms with E-state index in [1.807, 2.05) is 0 Å². The first-order valence-electron chi connectivity index (χ1n) is 3.00. The summed E-state index contributed by atoms with van der Waals surface area (Å²) in [5, 5.41) is 9.08. The molecule has 0 aromatic carbocycles. The molecule has 4 nitrogen and oxygen atoms in total. The van der Waals surface area contributed by atoms with E-state index in [1.165, 1.54) is 19.5 Å². The molecule has 68 valence electrons. The van der Waals surface area contributed by atoms with Crippen molar-refractivity contribution in [1.82, 2.24) is 0 Å². The third-order valence-electron chi connectivity index (χ3n) is 1.10. The van der Waals surface area contributed by atoms with Crippen LogP contribution in [0.15, 0.2) is 0 Å². The molecule has 1 N–H and O–H groups in total. The summed E-state index contributed by atoms with van der Waals surface area (Å²) in [6.45, 7) is 1.22. The third kappa shape index (κ3) is 9.48. The van der Waals surface area contributed by atoms with Gasteiger partial charge in [-0.2, -0.15) is 0 Å². The van der Waals surface area contributed by atoms with Crippen LogP contribution in [0.3, 0.4) is 0 Å². The van der Waals surface area contributed by atoms with Crippen molar-refractivity contribution >= 4 is 18.4 Å². The zero-order valence-electron chi connectivity index (χ0n) is 7.24. The third-order valence-corrected chi connectivity index (χ3v) is 1.10. The van der Waals surface area contributed by atoms with Crippen molar-refractivity contribution in [3.63, 3.8) is 0 Å². The fourth-order valence-electron chi connectivity index (χ4n) is 0.666. The number of hydrogen-bond donors (Lipinski definition) is 1. The standard InChI is InChI=1S/C7H8O4.2Y/c1-6(10)4-7(11,5-9)2-3-8;;/h11H,2,4H2,1H3;;/q-2;;. The predicted molar refractivity (Wildman–Crippen MR) is 36.3 cm³/mol. The molecule has 0 aliphatic carbocycles. The first kappa shape index (κ1) is 19.7. The zero-order chi connectivity index (χ0) is 8.91. The second-order valence-corrected chi connectivity index (χ2v) is 2.33. The molecule has 0 fully saturated rings. The van der Waals surface area contributed by atoms with Crippen molar-refractivity contribution in [2.24, 2.45) is 0 Å². The maximum atomic E-state index is 10.4. The van der Waals surface area contributed by atoms with Crippen molar-refractivity contribution in [1.29, 1.82) is 0 Å². The van der Waals surface area contributed by atoms with Crippen LogP contribution in [0.4, 0.5) is 0 Å². The fourth-order valence-corrected chi connectivity index (χ4v) is 0.666. The van der Waals surface area contributed by atoms with Gasteiger partial charge in [0.05, 0.1) is 0 Å². The van der Waals surface area contributed by atoms with Crippen LogP contribution in [0.2, 0.25) is 0 Å². The van der Waals surface area contributed by atoms with Crippen LogP contribution in [0.1, 0.15) is 19.8 Å². The monoisotopic (exact) mass is 334 g/mol. The van der Waals surface area contributed by atoms with Crippen molar-refractivity contribution in [2.45, 2.75) is 25.4 Å². The Bertz CT molecular complexity index is 183. The van der Waals surface area contributed by atoms with Gasteiger partial charge in [0.25, 0.3) is 0 Å². The van der Waals surface area contributed by atoms with Crippen LogP contribution in [0, 0.1) is 0 Å². The van der Waals surface area contributed by atoms with Gasteiger partial charge in [-0.15, -0.1) is 6.42 Å². The average Bonchev–Trinajstić information content (AvgIpc) is 1.87. The summed E-state index contributed by atoms with van der Waals surface area (Å²) in [7, 11) is 0. The Labute approximate surface area is 127 Å². The molecule has 0 spiro atoms. The van der Waals surface area contributed by atoms with Crippen molar-refractivity contribution in [3.8, 4) is 0 Å². The van der Waals surface area contributed by atoms with Crippen LogP contribution in [-0.4, -0.2) is 29.1 Å². The molecular formula is C7H8O4Y2-2. The molecule has 0 saturated carbocycles. The van der Waals surface area contributed by atoms with E-state index in [2.05, 4.69) is 0 Å². The SMILES string of the molecule is CC(=O)CC(O)([C-]=O)C[C-]=O.[Y].[Y]. The number of carbonyl (C=O) groups excluding carboxylic acids is 3. The minimum absolute atomic E-state index is 0. The molecule has 13 heavy (non-hydrogen) atoms. The van der Waals surface area contributed by atoms with Crippen LogP contribution in [0.5, 0.6) is 0 Å². The Morgan fingerprint density at radius 2 is 1.85 bits per heavy atom. The fraction of sp³-hybridized carbons (Fsp3) is 0.571. The van der Waals surface area contributed by atoms with Crippen LogP contribution in [-0.2, 0) is 79.8 Å². The van der Waals surface area contributed by atoms with Gasteiger partial charge in [-0.1, -0.05) is 0 Å². The number of rotatable bonds is 5. The summed E-state index contributed by atoms with van der Waals surface area (Å²) < 4.78 is 0. The quantitative estimate of drug-likeness (QED) is 0.675. The summed E-state index contributed by atoms with van der Waals surface area (Å²) in [6, 6.07) is 0. The van der Waals surface area contributed by atoms with E-state index in [-0.39, 0.29) is 77.6 Å². The number of carbonyl (C=O) groups is 1. The van der Waals surface area contributed by atoms with Crippen molar-refractivity contribution in [3.05, 3.63) is 0 Å². The van der Waals surface area contributed by atoms with Gasteiger partial charge in [-0.05, 0) is 12.5 Å². The molecule has 0 saturated heterocycles. The van der Waals surface area contributed by atoms with E-state index in [9.17, 15) is 14.4 Å². The molecule has 0 aliphatic heterocycles. The maximum Gasteiger partial charge on any atom is 0.130 e. The molecule has 0 rings (SSSR count). The smallest absolute Gasteiger partial charge is 0.130 e. The summed E-state index contributed by atoms with van der Waals surface area (Å²) in [5.74, 6) is -0.369. The molecule has 2 radical (unpaired) electrons. The maximum absolute atomic E-state index is 10.4. The molecule has 6 heteroatoms. The summed E-state index contributed by atoms with van der Waals surface area (Å²) in [6.07, 6.45) is 1.70. The van der Waals surface area contributed by atoms with Gasteiger partial charge in [0.1, 0.15) is 5.78 Å². The van der Waals surface area contributed by atoms with Gasteiger partial charge in [-0.3, -0.25) is 6.29 Å². The summed E-state index contributed by atoms with van der Waals surface area (Å²) >= 11 is 0. The Morgan fingerprint density at radius 3 is 2.08 bits per heavy atom. The van der Waals surface area contributed by atoms with Gasteiger partial charge < -0.3 is 19.5 Å². The van der Waals surface area contributed by atoms with Crippen LogP contribution in [0.25, 0.3) is 0 Å². The molecule has 0 heterocycles. The second kappa shape index (κ2) is 9.72. The topological polar surface area (TPSA) is 71.4 Å². The van der Waals surface area contributed by atoms with Gasteiger partial charge in [0.15, 0.2) is 0 Å². The van der Waals surface area contributed by atoms with Crippen LogP contribution >= 0.6 is 0 Å². The van der Waals surface area contributed by atoms with Crippen molar-refractivity contribution < 1.29 is 84.9 Å². The van der Waals surface area contributed by atoms with Gasteiger partial charge in [0, 0.05) is 71.8 Å². The molecular weight excluding hydrogens is 326 g/mol. The minimum atomic E-state index is -1.96. The Morgan fingerprint density at radius 1 is 1.38 bits per heavy atom. The summed E-state index contributed by atoms with van der Waals surface area (Å²) in [4.78, 5) is 30.3. The molecule has 0 aromatic rings. The second-order valence-electron chi connectivity index (χ2n) is 2.33. The molecule has 1 atom stereocenters. The largest absolute Gasteiger partial charge is 0.542 e. The zero-order valence-corrected chi connectivity index (χ0v) is 12.9. The van der Waals surface area contributed by atoms with Gasteiger partial charge >= 0.3 is 0 Å². The number of Topliss-reactive ketones (excluding diaryl/α,β-unsaturated/α-hetero) is 1.